The molecule has 0 radical (unpaired) electrons. The number of β-amino-alcohol motifs (C(OH)–C–C–N with tert-alkyl or cyclic N) is 1. The van der Waals surface area contributed by atoms with Crippen molar-refractivity contribution in [3.05, 3.63) is 47.9 Å². The lowest BCUT2D eigenvalue weighted by atomic mass is 10.2. The minimum Gasteiger partial charge on any atom is -0.497 e. The van der Waals surface area contributed by atoms with Gasteiger partial charge >= 0.3 is 6.09 Å². The lowest BCUT2D eigenvalue weighted by Crippen LogP contribution is -2.11. The van der Waals surface area contributed by atoms with Crippen LogP contribution in [0.25, 0.3) is 0 Å². The van der Waals surface area contributed by atoms with Gasteiger partial charge in [0, 0.05) is 12.6 Å². The Bertz CT molecular complexity index is 565. The van der Waals surface area contributed by atoms with Crippen LogP contribution in [0.15, 0.2) is 41.1 Å². The van der Waals surface area contributed by atoms with Gasteiger partial charge in [-0.1, -0.05) is 22.9 Å². The molecule has 1 aliphatic rings. The fourth-order valence-corrected chi connectivity index (χ4v) is 1.66. The smallest absolute Gasteiger partial charge is 0.402 e. The average Bonchev–Trinajstić information content (AvgIpc) is 3.29. The van der Waals surface area contributed by atoms with Gasteiger partial charge in [0.25, 0.3) is 0 Å². The number of carbonyl (C=O) groups is 1. The fourth-order valence-electron chi connectivity index (χ4n) is 1.66. The van der Waals surface area contributed by atoms with E-state index in [1.54, 1.807) is 19.4 Å². The van der Waals surface area contributed by atoms with Crippen LogP contribution in [0.2, 0.25) is 0 Å². The van der Waals surface area contributed by atoms with Crippen LogP contribution < -0.4 is 21.5 Å². The van der Waals surface area contributed by atoms with E-state index in [0.29, 0.717) is 6.54 Å². The molecular formula is C17H28N4O5. The third-order valence-electron chi connectivity index (χ3n) is 2.98. The third-order valence-corrected chi connectivity index (χ3v) is 2.98. The second-order valence-electron chi connectivity index (χ2n) is 5.18. The minimum atomic E-state index is -1.33. The summed E-state index contributed by atoms with van der Waals surface area (Å²) in [6, 6.07) is 9.70. The number of aliphatic hydroxyl groups is 1. The van der Waals surface area contributed by atoms with Crippen LogP contribution in [0.4, 0.5) is 4.79 Å². The molecule has 9 nitrogen and oxygen atoms in total. The van der Waals surface area contributed by atoms with Crippen molar-refractivity contribution in [2.24, 2.45) is 11.5 Å². The number of aromatic nitrogens is 1. The lowest BCUT2D eigenvalue weighted by molar-refractivity contribution is 0.196. The van der Waals surface area contributed by atoms with Gasteiger partial charge in [-0.25, -0.2) is 4.79 Å². The molecule has 1 amide bonds. The number of nitrogens with one attached hydrogen (secondary N) is 1. The number of nitrogens with two attached hydrogens (primary N) is 2. The number of aliphatic hydroxyl groups excluding tert-OH is 1. The maximum Gasteiger partial charge on any atom is 0.402 e. The van der Waals surface area contributed by atoms with E-state index in [4.69, 9.17) is 25.5 Å². The molecular weight excluding hydrogens is 340 g/mol. The normalized spacial score (nSPS) is 14.5. The molecule has 1 fully saturated rings. The minimum absolute atomic E-state index is 0.0648. The zero-order chi connectivity index (χ0) is 19.8. The molecule has 26 heavy (non-hydrogen) atoms. The number of hydrogen-bond donors (Lipinski definition) is 5. The highest BCUT2D eigenvalue weighted by atomic mass is 16.5. The predicted molar refractivity (Wildman–Crippen MR) is 97.8 cm³/mol. The molecule has 0 bridgehead atoms. The molecule has 1 aliphatic heterocycles. The number of benzene rings is 1. The quantitative estimate of drug-likeness (QED) is 0.527. The van der Waals surface area contributed by atoms with Gasteiger partial charge in [-0.2, -0.15) is 0 Å². The second kappa shape index (κ2) is 14.7. The first-order valence-electron chi connectivity index (χ1n) is 7.96. The fraction of sp³-hybridized carbons (Fsp3) is 0.412. The molecule has 0 aliphatic carbocycles. The van der Waals surface area contributed by atoms with Gasteiger partial charge < -0.3 is 36.3 Å². The van der Waals surface area contributed by atoms with Crippen LogP contribution >= 0.6 is 0 Å². The van der Waals surface area contributed by atoms with Crippen LogP contribution in [0.3, 0.4) is 0 Å². The molecule has 9 heteroatoms. The van der Waals surface area contributed by atoms with Gasteiger partial charge in [0.2, 0.25) is 0 Å². The van der Waals surface area contributed by atoms with Gasteiger partial charge in [-0.05, 0) is 32.0 Å². The van der Waals surface area contributed by atoms with Crippen LogP contribution in [-0.4, -0.2) is 47.8 Å². The molecule has 7 N–H and O–H groups in total. The van der Waals surface area contributed by atoms with Crippen molar-refractivity contribution in [2.45, 2.75) is 26.0 Å². The van der Waals surface area contributed by atoms with Crippen molar-refractivity contribution in [1.82, 2.24) is 10.5 Å². The number of nitrogens with zero attached hydrogens (tertiary/aromatic N) is 1. The zero-order valence-corrected chi connectivity index (χ0v) is 15.1. The summed E-state index contributed by atoms with van der Waals surface area (Å²) in [6.07, 6.45) is 1.10. The van der Waals surface area contributed by atoms with E-state index in [0.717, 1.165) is 31.0 Å². The average molecular weight is 368 g/mol. The number of rotatable bonds is 2. The summed E-state index contributed by atoms with van der Waals surface area (Å²) < 4.78 is 9.58. The maximum absolute atomic E-state index is 8.78. The van der Waals surface area contributed by atoms with E-state index in [1.165, 1.54) is 5.56 Å². The highest BCUT2D eigenvalue weighted by Gasteiger charge is 2.08. The van der Waals surface area contributed by atoms with Gasteiger partial charge in [-0.3, -0.25) is 0 Å². The molecule has 146 valence electrons. The highest BCUT2D eigenvalue weighted by Crippen LogP contribution is 2.09. The van der Waals surface area contributed by atoms with Crippen molar-refractivity contribution in [3.8, 4) is 5.75 Å². The summed E-state index contributed by atoms with van der Waals surface area (Å²) in [5.41, 5.74) is 10.4. The molecule has 0 saturated carbocycles. The molecule has 1 aromatic carbocycles. The van der Waals surface area contributed by atoms with Crippen LogP contribution in [-0.2, 0) is 6.54 Å². The Labute approximate surface area is 152 Å². The standard InChI is InChI=1S/C8H10O.C4H6N2O.C4H9NO.CH3NO2/c1-7-3-5-8(9-2)6-4-7;5-3-4-1-2-6-7-4;6-4-1-2-5-3-4;2-1(3)4/h3-6H,1-2H3;1-2H,3,5H2;4-6H,1-3H2;2H2,(H,3,4). The Morgan fingerprint density at radius 1 is 1.38 bits per heavy atom. The first-order valence-corrected chi connectivity index (χ1v) is 7.96. The van der Waals surface area contributed by atoms with Gasteiger partial charge in [0.05, 0.1) is 26.0 Å². The number of hydrogen-bond acceptors (Lipinski definition) is 7. The van der Waals surface area contributed by atoms with Crippen molar-refractivity contribution in [3.63, 3.8) is 0 Å². The number of methoxy groups -OCH3 is 1. The van der Waals surface area contributed by atoms with Crippen molar-refractivity contribution >= 4 is 6.09 Å². The lowest BCUT2D eigenvalue weighted by Gasteiger charge is -1.97. The van der Waals surface area contributed by atoms with Crippen LogP contribution in [0, 0.1) is 6.92 Å². The summed E-state index contributed by atoms with van der Waals surface area (Å²) in [5, 5.41) is 22.3. The van der Waals surface area contributed by atoms with Gasteiger partial charge in [0.15, 0.2) is 0 Å². The maximum atomic E-state index is 8.78. The molecule has 1 atom stereocenters. The summed E-state index contributed by atoms with van der Waals surface area (Å²) in [7, 11) is 1.67. The third kappa shape index (κ3) is 13.8. The Hall–Kier alpha value is -2.62. The summed E-state index contributed by atoms with van der Waals surface area (Å²) in [4.78, 5) is 8.78. The van der Waals surface area contributed by atoms with E-state index < -0.39 is 6.09 Å². The van der Waals surface area contributed by atoms with E-state index in [1.807, 2.05) is 24.3 Å². The molecule has 0 spiro atoms. The first kappa shape index (κ1) is 23.4. The Balaban J connectivity index is 0.000000334. The predicted octanol–water partition coefficient (Wildman–Crippen LogP) is 1.10. The number of carboxylic acid groups (broad SMARTS) is 1. The number of aryl methyl sites for hydroxylation is 1. The van der Waals surface area contributed by atoms with Crippen molar-refractivity contribution < 1.29 is 24.3 Å². The Kier molecular flexibility index (Phi) is 13.2. The first-order chi connectivity index (χ1) is 12.4. The van der Waals surface area contributed by atoms with Gasteiger partial charge in [0.1, 0.15) is 11.5 Å². The molecule has 1 aromatic heterocycles. The number of primary amides is 1. The zero-order valence-electron chi connectivity index (χ0n) is 15.1. The Morgan fingerprint density at radius 3 is 2.27 bits per heavy atom. The SMILES string of the molecule is COc1ccc(C)cc1.NC(=O)O.NCc1ccno1.OC1CCNC1. The van der Waals surface area contributed by atoms with Crippen LogP contribution in [0.1, 0.15) is 17.7 Å². The number of ether oxygens (including phenoxy) is 1. The number of amides is 1. The van der Waals surface area contributed by atoms with Crippen molar-refractivity contribution in [1.29, 1.82) is 0 Å². The Morgan fingerprint density at radius 2 is 2.00 bits per heavy atom. The van der Waals surface area contributed by atoms with Gasteiger partial charge in [-0.15, -0.1) is 0 Å². The second-order valence-corrected chi connectivity index (χ2v) is 5.18. The van der Waals surface area contributed by atoms with E-state index in [2.05, 4.69) is 27.7 Å². The largest absolute Gasteiger partial charge is 0.497 e. The monoisotopic (exact) mass is 368 g/mol. The van der Waals surface area contributed by atoms with E-state index in [-0.39, 0.29) is 6.10 Å². The molecule has 3 rings (SSSR count). The van der Waals surface area contributed by atoms with E-state index >= 15 is 0 Å². The molecule has 2 heterocycles. The summed E-state index contributed by atoms with van der Waals surface area (Å²) in [6.45, 7) is 4.26. The van der Waals surface area contributed by atoms with Crippen LogP contribution in [0.5, 0.6) is 5.75 Å². The summed E-state index contributed by atoms with van der Waals surface area (Å²) >= 11 is 0. The molecule has 1 saturated heterocycles. The summed E-state index contributed by atoms with van der Waals surface area (Å²) in [5.74, 6) is 1.64. The van der Waals surface area contributed by atoms with Crippen molar-refractivity contribution in [2.75, 3.05) is 20.2 Å². The molecule has 1 unspecified atom stereocenters. The van der Waals surface area contributed by atoms with E-state index in [9.17, 15) is 0 Å². The molecule has 2 aromatic rings. The topological polar surface area (TPSA) is 157 Å². The highest BCUT2D eigenvalue weighted by molar-refractivity contribution is 5.61.